The van der Waals surface area contributed by atoms with Crippen molar-refractivity contribution in [2.45, 2.75) is 0 Å². The summed E-state index contributed by atoms with van der Waals surface area (Å²) in [5.41, 5.74) is 3.52. The lowest BCUT2D eigenvalue weighted by molar-refractivity contribution is 0.111. The molecule has 0 unspecified atom stereocenters. The molecule has 17 heavy (non-hydrogen) atoms. The van der Waals surface area contributed by atoms with Gasteiger partial charge in [-0.25, -0.2) is 0 Å². The van der Waals surface area contributed by atoms with Gasteiger partial charge in [0, 0.05) is 6.54 Å². The minimum Gasteiger partial charge on any atom is -0.406 e. The van der Waals surface area contributed by atoms with E-state index >= 15 is 0 Å². The molecule has 0 radical (unpaired) electrons. The van der Waals surface area contributed by atoms with Gasteiger partial charge < -0.3 is 20.4 Å². The molecule has 0 aliphatic carbocycles. The zero-order chi connectivity index (χ0) is 12.5. The van der Waals surface area contributed by atoms with Gasteiger partial charge in [-0.05, 0) is 12.1 Å². The maximum Gasteiger partial charge on any atom is 0.180 e. The molecule has 1 aromatic carbocycles. The summed E-state index contributed by atoms with van der Waals surface area (Å²) in [4.78, 5) is 16.1. The van der Waals surface area contributed by atoms with Gasteiger partial charge in [0.05, 0.1) is 31.0 Å². The van der Waals surface area contributed by atoms with E-state index in [1.807, 2.05) is 0 Å². The highest BCUT2D eigenvalue weighted by Crippen LogP contribution is 2.27. The Labute approximate surface area is 99.2 Å². The standard InChI is InChI=1S/C11H16N2O4/c14-6-4-12-10-3-1-2-9(8-16)11(10)17-13-5-7-15/h1-3,8,12-15H,4-7H2. The van der Waals surface area contributed by atoms with Gasteiger partial charge in [-0.3, -0.25) is 4.79 Å². The lowest BCUT2D eigenvalue weighted by Gasteiger charge is -2.14. The zero-order valence-corrected chi connectivity index (χ0v) is 9.35. The van der Waals surface area contributed by atoms with E-state index in [4.69, 9.17) is 15.1 Å². The van der Waals surface area contributed by atoms with Gasteiger partial charge in [-0.1, -0.05) is 6.07 Å². The normalized spacial score (nSPS) is 10.0. The van der Waals surface area contributed by atoms with Crippen molar-refractivity contribution in [1.82, 2.24) is 5.48 Å². The number of carbonyl (C=O) groups excluding carboxylic acids is 1. The molecule has 0 atom stereocenters. The van der Waals surface area contributed by atoms with Gasteiger partial charge in [0.15, 0.2) is 12.0 Å². The molecule has 0 aliphatic heterocycles. The van der Waals surface area contributed by atoms with Gasteiger partial charge in [0.25, 0.3) is 0 Å². The van der Waals surface area contributed by atoms with E-state index in [0.717, 1.165) is 0 Å². The number of rotatable bonds is 8. The summed E-state index contributed by atoms with van der Waals surface area (Å²) in [5.74, 6) is 0.351. The molecule has 0 heterocycles. The van der Waals surface area contributed by atoms with Crippen molar-refractivity contribution in [2.75, 3.05) is 31.6 Å². The third-order valence-electron chi connectivity index (χ3n) is 1.99. The van der Waals surface area contributed by atoms with Crippen LogP contribution >= 0.6 is 0 Å². The quantitative estimate of drug-likeness (QED) is 0.285. The Balaban J connectivity index is 2.82. The van der Waals surface area contributed by atoms with Crippen molar-refractivity contribution in [1.29, 1.82) is 0 Å². The van der Waals surface area contributed by atoms with Crippen molar-refractivity contribution in [3.8, 4) is 5.75 Å². The summed E-state index contributed by atoms with van der Waals surface area (Å²) in [6.07, 6.45) is 0.681. The number of aliphatic hydroxyl groups is 2. The highest BCUT2D eigenvalue weighted by molar-refractivity contribution is 5.83. The molecule has 0 aliphatic rings. The molecule has 1 rings (SSSR count). The number of carbonyl (C=O) groups is 1. The monoisotopic (exact) mass is 240 g/mol. The Morgan fingerprint density at radius 3 is 2.65 bits per heavy atom. The maximum absolute atomic E-state index is 10.9. The molecule has 0 aromatic heterocycles. The van der Waals surface area contributed by atoms with Crippen LogP contribution < -0.4 is 15.6 Å². The summed E-state index contributed by atoms with van der Waals surface area (Å²) in [5, 5.41) is 20.3. The first-order chi connectivity index (χ1) is 8.33. The average Bonchev–Trinajstić information content (AvgIpc) is 2.37. The summed E-state index contributed by atoms with van der Waals surface area (Å²) < 4.78 is 0. The number of hydrogen-bond donors (Lipinski definition) is 4. The number of anilines is 1. The largest absolute Gasteiger partial charge is 0.406 e. The van der Waals surface area contributed by atoms with Crippen LogP contribution in [-0.4, -0.2) is 42.8 Å². The fourth-order valence-corrected chi connectivity index (χ4v) is 1.26. The molecule has 94 valence electrons. The topological polar surface area (TPSA) is 90.8 Å². The van der Waals surface area contributed by atoms with E-state index in [1.165, 1.54) is 0 Å². The highest BCUT2D eigenvalue weighted by atomic mass is 16.6. The van der Waals surface area contributed by atoms with E-state index in [2.05, 4.69) is 10.8 Å². The minimum atomic E-state index is -0.0668. The third kappa shape index (κ3) is 4.03. The van der Waals surface area contributed by atoms with E-state index in [0.29, 0.717) is 29.8 Å². The maximum atomic E-state index is 10.9. The second kappa shape index (κ2) is 7.61. The molecule has 0 fully saturated rings. The minimum absolute atomic E-state index is 0.0190. The Hall–Kier alpha value is -1.63. The van der Waals surface area contributed by atoms with Crippen molar-refractivity contribution in [3.05, 3.63) is 23.8 Å². The van der Waals surface area contributed by atoms with Crippen molar-refractivity contribution < 1.29 is 19.8 Å². The fraction of sp³-hybridized carbons (Fsp3) is 0.364. The number of aldehydes is 1. The van der Waals surface area contributed by atoms with Gasteiger partial charge in [0.2, 0.25) is 0 Å². The molecular weight excluding hydrogens is 224 g/mol. The molecule has 0 saturated carbocycles. The molecule has 0 saturated heterocycles. The smallest absolute Gasteiger partial charge is 0.180 e. The summed E-state index contributed by atoms with van der Waals surface area (Å²) in [7, 11) is 0. The number of aliphatic hydroxyl groups excluding tert-OH is 2. The van der Waals surface area contributed by atoms with Crippen LogP contribution in [0.4, 0.5) is 5.69 Å². The molecule has 1 aromatic rings. The van der Waals surface area contributed by atoms with Gasteiger partial charge in [-0.2, -0.15) is 5.48 Å². The Morgan fingerprint density at radius 1 is 1.24 bits per heavy atom. The second-order valence-electron chi connectivity index (χ2n) is 3.21. The first-order valence-corrected chi connectivity index (χ1v) is 5.27. The average molecular weight is 240 g/mol. The summed E-state index contributed by atoms with van der Waals surface area (Å²) in [6.45, 7) is 0.531. The number of nitrogens with one attached hydrogen (secondary N) is 2. The second-order valence-corrected chi connectivity index (χ2v) is 3.21. The van der Waals surface area contributed by atoms with Crippen LogP contribution in [-0.2, 0) is 0 Å². The fourth-order valence-electron chi connectivity index (χ4n) is 1.26. The van der Waals surface area contributed by atoms with Gasteiger partial charge in [-0.15, -0.1) is 0 Å². The summed E-state index contributed by atoms with van der Waals surface area (Å²) in [6, 6.07) is 5.06. The molecule has 0 amide bonds. The van der Waals surface area contributed by atoms with Crippen molar-refractivity contribution >= 4 is 12.0 Å². The summed E-state index contributed by atoms with van der Waals surface area (Å²) >= 11 is 0. The van der Waals surface area contributed by atoms with E-state index in [-0.39, 0.29) is 19.8 Å². The first-order valence-electron chi connectivity index (χ1n) is 5.27. The molecule has 4 N–H and O–H groups in total. The predicted molar refractivity (Wildman–Crippen MR) is 63.1 cm³/mol. The van der Waals surface area contributed by atoms with Gasteiger partial charge >= 0.3 is 0 Å². The number of benzene rings is 1. The van der Waals surface area contributed by atoms with Crippen LogP contribution in [0.2, 0.25) is 0 Å². The molecule has 0 bridgehead atoms. The third-order valence-corrected chi connectivity index (χ3v) is 1.99. The number of para-hydroxylation sites is 1. The van der Waals surface area contributed by atoms with E-state index in [9.17, 15) is 4.79 Å². The van der Waals surface area contributed by atoms with Crippen LogP contribution in [0, 0.1) is 0 Å². The van der Waals surface area contributed by atoms with Gasteiger partial charge in [0.1, 0.15) is 0 Å². The number of hydrogen-bond acceptors (Lipinski definition) is 6. The first kappa shape index (κ1) is 13.4. The predicted octanol–water partition coefficient (Wildman–Crippen LogP) is -0.221. The lowest BCUT2D eigenvalue weighted by Crippen LogP contribution is -2.23. The van der Waals surface area contributed by atoms with Crippen LogP contribution in [0.25, 0.3) is 0 Å². The van der Waals surface area contributed by atoms with Crippen LogP contribution in [0.1, 0.15) is 10.4 Å². The van der Waals surface area contributed by atoms with Crippen LogP contribution in [0.15, 0.2) is 18.2 Å². The number of hydroxylamine groups is 1. The van der Waals surface area contributed by atoms with E-state index < -0.39 is 0 Å². The molecular formula is C11H16N2O4. The molecule has 6 nitrogen and oxygen atoms in total. The van der Waals surface area contributed by atoms with Crippen molar-refractivity contribution in [2.24, 2.45) is 0 Å². The molecule has 0 spiro atoms. The Kier molecular flexibility index (Phi) is 6.02. The SMILES string of the molecule is O=Cc1cccc(NCCO)c1ONCCO. The van der Waals surface area contributed by atoms with E-state index in [1.54, 1.807) is 18.2 Å². The Morgan fingerprint density at radius 2 is 2.00 bits per heavy atom. The van der Waals surface area contributed by atoms with Crippen molar-refractivity contribution in [3.63, 3.8) is 0 Å². The van der Waals surface area contributed by atoms with Crippen LogP contribution in [0.5, 0.6) is 5.75 Å². The Bertz CT molecular complexity index is 357. The lowest BCUT2D eigenvalue weighted by atomic mass is 10.2. The highest BCUT2D eigenvalue weighted by Gasteiger charge is 2.09. The molecule has 6 heteroatoms. The zero-order valence-electron chi connectivity index (χ0n) is 9.35. The van der Waals surface area contributed by atoms with Crippen LogP contribution in [0.3, 0.4) is 0 Å².